The first-order chi connectivity index (χ1) is 46.8. The zero-order valence-electron chi connectivity index (χ0n) is 54.5. The molecule has 0 aromatic heterocycles. The topological polar surface area (TPSA) is 547 Å². The second-order valence-electron chi connectivity index (χ2n) is 24.2. The van der Waals surface area contributed by atoms with Gasteiger partial charge < -0.3 is 105 Å². The lowest BCUT2D eigenvalue weighted by Crippen LogP contribution is -2.62. The van der Waals surface area contributed by atoms with Crippen LogP contribution in [0.2, 0.25) is 0 Å². The zero-order chi connectivity index (χ0) is 73.2. The molecule has 1 heterocycles. The largest absolute Gasteiger partial charge is 0.508 e. The summed E-state index contributed by atoms with van der Waals surface area (Å²) in [6.45, 7) is 2.10. The highest BCUT2D eigenvalue weighted by atomic mass is 16.4. The summed E-state index contributed by atoms with van der Waals surface area (Å²) in [6.07, 6.45) is -4.97. The molecule has 1 aliphatic rings. The van der Waals surface area contributed by atoms with Crippen molar-refractivity contribution in [1.29, 1.82) is 0 Å². The number of aliphatic carboxylic acids is 2. The zero-order valence-corrected chi connectivity index (χ0v) is 54.5. The molecule has 0 aliphatic carbocycles. The lowest BCUT2D eigenvalue weighted by molar-refractivity contribution is -0.144. The average Bonchev–Trinajstić information content (AvgIpc) is 1.77. The number of rotatable bonds is 38. The quantitative estimate of drug-likeness (QED) is 0.0203. The number of carbonyl (C=O) groups is 13. The summed E-state index contributed by atoms with van der Waals surface area (Å²) in [5.74, 6) is -15.7. The fourth-order valence-electron chi connectivity index (χ4n) is 10.5. The van der Waals surface area contributed by atoms with Crippen LogP contribution in [-0.4, -0.2) is 215 Å². The second-order valence-corrected chi connectivity index (χ2v) is 24.2. The number of nitrogens with two attached hydrogens (primary N) is 2. The van der Waals surface area contributed by atoms with Crippen molar-refractivity contribution < 1.29 is 103 Å². The van der Waals surface area contributed by atoms with Crippen LogP contribution in [0.4, 0.5) is 0 Å². The number of amides is 11. The molecule has 12 atom stereocenters. The van der Waals surface area contributed by atoms with Gasteiger partial charge in [-0.25, -0.2) is 4.79 Å². The van der Waals surface area contributed by atoms with E-state index in [2.05, 4.69) is 47.9 Å². The molecule has 21 N–H and O–H groups in total. The lowest BCUT2D eigenvalue weighted by atomic mass is 10.0. The molecule has 1 saturated heterocycles. The second kappa shape index (κ2) is 38.2. The minimum absolute atomic E-state index is 0.0664. The van der Waals surface area contributed by atoms with Crippen molar-refractivity contribution in [1.82, 2.24) is 52.8 Å². The Morgan fingerprint density at radius 3 is 1.33 bits per heavy atom. The maximum atomic E-state index is 14.7. The molecule has 4 aromatic carbocycles. The van der Waals surface area contributed by atoms with Gasteiger partial charge in [0, 0.05) is 32.2 Å². The average molecular weight is 1380 g/mol. The highest BCUT2D eigenvalue weighted by Gasteiger charge is 2.41. The number of hydrogen-bond donors (Lipinski definition) is 19. The van der Waals surface area contributed by atoms with E-state index in [-0.39, 0.29) is 72.9 Å². The molecule has 0 spiro atoms. The monoisotopic (exact) mass is 1380 g/mol. The maximum absolute atomic E-state index is 14.7. The molecule has 11 amide bonds. The van der Waals surface area contributed by atoms with Gasteiger partial charge >= 0.3 is 11.9 Å². The Balaban J connectivity index is 1.34. The molecule has 99 heavy (non-hydrogen) atoms. The van der Waals surface area contributed by atoms with Crippen LogP contribution in [0.1, 0.15) is 81.5 Å². The van der Waals surface area contributed by atoms with Crippen molar-refractivity contribution in [3.8, 4) is 17.2 Å². The predicted octanol–water partition coefficient (Wildman–Crippen LogP) is -4.01. The van der Waals surface area contributed by atoms with Gasteiger partial charge in [-0.05, 0) is 104 Å². The van der Waals surface area contributed by atoms with Crippen LogP contribution in [0.5, 0.6) is 17.2 Å². The number of aliphatic hydroxyl groups is 3. The van der Waals surface area contributed by atoms with Crippen molar-refractivity contribution in [3.05, 3.63) is 125 Å². The van der Waals surface area contributed by atoms with Crippen LogP contribution in [0, 0.1) is 5.92 Å². The SMILES string of the molecule is CC(C)C[C@H](NC(=O)[C@H](CC(N)=O)NC(=O)[C@H](CCC(=O)O)NC(=O)[C@H](Cc1ccc(O)cc1)NC(=O)[C@H](Cc1ccc(O)cc1)NC(=O)[C@H](CO)NC(=O)[C@@H]1CCCN1C(=O)[C@H](CO)NC(=O)[C@@H](NC(=O)[C@H](Cc1ccc(O)cc1)NC(=O)[C@@H](N)Cc1ccccc1)[C@@H](C)O)C(=O)O. The van der Waals surface area contributed by atoms with Crippen LogP contribution >= 0.6 is 0 Å². The van der Waals surface area contributed by atoms with Gasteiger partial charge in [-0.1, -0.05) is 80.6 Å². The van der Waals surface area contributed by atoms with Crippen LogP contribution < -0.4 is 59.3 Å². The van der Waals surface area contributed by atoms with E-state index in [1.54, 1.807) is 44.2 Å². The number of nitrogens with zero attached hydrogens (tertiary/aromatic N) is 1. The Bertz CT molecular complexity index is 3470. The Hall–Kier alpha value is -10.8. The summed E-state index contributed by atoms with van der Waals surface area (Å²) in [4.78, 5) is 178. The number of primary amides is 1. The summed E-state index contributed by atoms with van der Waals surface area (Å²) in [7, 11) is 0. The maximum Gasteiger partial charge on any atom is 0.326 e. The van der Waals surface area contributed by atoms with E-state index in [0.29, 0.717) is 5.56 Å². The minimum Gasteiger partial charge on any atom is -0.508 e. The molecule has 33 heteroatoms. The number of likely N-dealkylation sites (tertiary alicyclic amines) is 1. The van der Waals surface area contributed by atoms with E-state index in [4.69, 9.17) is 11.5 Å². The van der Waals surface area contributed by atoms with E-state index < -0.39 is 195 Å². The highest BCUT2D eigenvalue weighted by Crippen LogP contribution is 2.21. The third kappa shape index (κ3) is 25.3. The first kappa shape index (κ1) is 78.9. The molecule has 4 aromatic rings. The van der Waals surface area contributed by atoms with Crippen LogP contribution in [0.15, 0.2) is 103 Å². The molecule has 0 saturated carbocycles. The fraction of sp³-hybridized carbons (Fsp3) is 0.439. The minimum atomic E-state index is -1.90. The van der Waals surface area contributed by atoms with Crippen LogP contribution in [0.3, 0.4) is 0 Å². The van der Waals surface area contributed by atoms with Crippen molar-refractivity contribution >= 4 is 76.9 Å². The Kier molecular flexibility index (Phi) is 30.5. The third-order valence-electron chi connectivity index (χ3n) is 15.8. The number of carbonyl (C=O) groups excluding carboxylic acids is 11. The number of phenolic OH excluding ortho intramolecular Hbond substituents is 3. The smallest absolute Gasteiger partial charge is 0.326 e. The standard InChI is InChI=1S/C66H86N12O21/c1-34(2)26-49(66(98)99)74-60(92)48(31-53(68)85)73-57(89)44(23-24-54(86)87)69-58(90)45(28-37-11-17-40(82)18-12-37)71-59(91)46(29-38-13-19-41(83)20-14-38)72-62(94)50(32-79)75-63(95)52-10-7-25-78(52)65(97)51(33-80)76-64(96)55(35(3)81)77-61(93)47(30-39-15-21-42(84)22-16-39)70-56(88)43(67)27-36-8-5-4-6-9-36/h4-6,8-9,11-22,34-35,43-52,55,79-84H,7,10,23-33,67H2,1-3H3,(H2,68,85)(H,69,90)(H,70,88)(H,71,91)(H,72,94)(H,73,89)(H,74,92)(H,75,95)(H,76,96)(H,77,93)(H,86,87)(H,98,99)/t35-,43+,44+,45+,46+,47+,48+,49+,50+,51+,52+,55+/m1/s1. The summed E-state index contributed by atoms with van der Waals surface area (Å²) in [5, 5.41) is 103. The van der Waals surface area contributed by atoms with Crippen molar-refractivity contribution in [2.45, 2.75) is 158 Å². The van der Waals surface area contributed by atoms with Crippen LogP contribution in [0.25, 0.3) is 0 Å². The first-order valence-electron chi connectivity index (χ1n) is 31.7. The first-order valence-corrected chi connectivity index (χ1v) is 31.7. The molecule has 33 nitrogen and oxygen atoms in total. The summed E-state index contributed by atoms with van der Waals surface area (Å²) in [6, 6.07) is 6.61. The number of carboxylic acids is 2. The number of aromatic hydroxyl groups is 3. The summed E-state index contributed by atoms with van der Waals surface area (Å²) < 4.78 is 0. The van der Waals surface area contributed by atoms with Gasteiger partial charge in [0.05, 0.1) is 31.8 Å². The third-order valence-corrected chi connectivity index (χ3v) is 15.8. The normalized spacial score (nSPS) is 16.0. The molecule has 1 fully saturated rings. The van der Waals surface area contributed by atoms with Gasteiger partial charge in [0.25, 0.3) is 0 Å². The highest BCUT2D eigenvalue weighted by molar-refractivity contribution is 6.00. The van der Waals surface area contributed by atoms with Crippen molar-refractivity contribution in [3.63, 3.8) is 0 Å². The fourth-order valence-corrected chi connectivity index (χ4v) is 10.5. The number of carboxylic acid groups (broad SMARTS) is 2. The Morgan fingerprint density at radius 2 is 0.889 bits per heavy atom. The van der Waals surface area contributed by atoms with E-state index in [0.717, 1.165) is 17.4 Å². The molecular weight excluding hydrogens is 1300 g/mol. The summed E-state index contributed by atoms with van der Waals surface area (Å²) in [5.41, 5.74) is 13.3. The van der Waals surface area contributed by atoms with Gasteiger partial charge in [0.15, 0.2) is 0 Å². The van der Waals surface area contributed by atoms with Gasteiger partial charge in [-0.2, -0.15) is 0 Å². The van der Waals surface area contributed by atoms with Gasteiger partial charge in [0.1, 0.15) is 77.7 Å². The van der Waals surface area contributed by atoms with E-state index >= 15 is 0 Å². The number of aliphatic hydroxyl groups excluding tert-OH is 3. The molecule has 0 bridgehead atoms. The summed E-state index contributed by atoms with van der Waals surface area (Å²) >= 11 is 0. The Labute approximate surface area is 568 Å². The van der Waals surface area contributed by atoms with Gasteiger partial charge in [-0.15, -0.1) is 0 Å². The Morgan fingerprint density at radius 1 is 0.485 bits per heavy atom. The number of hydrogen-bond acceptors (Lipinski definition) is 20. The number of benzene rings is 4. The van der Waals surface area contributed by atoms with Crippen LogP contribution in [-0.2, 0) is 88.0 Å². The molecule has 536 valence electrons. The number of phenols is 3. The van der Waals surface area contributed by atoms with E-state index in [9.17, 15) is 103 Å². The molecular formula is C66H86N12O21. The van der Waals surface area contributed by atoms with E-state index in [1.165, 1.54) is 72.8 Å². The van der Waals surface area contributed by atoms with Gasteiger partial charge in [-0.3, -0.25) is 57.5 Å². The molecule has 0 radical (unpaired) electrons. The molecule has 0 unspecified atom stereocenters. The van der Waals surface area contributed by atoms with Gasteiger partial charge in [0.2, 0.25) is 65.0 Å². The van der Waals surface area contributed by atoms with Crippen molar-refractivity contribution in [2.24, 2.45) is 17.4 Å². The predicted molar refractivity (Wildman–Crippen MR) is 349 cm³/mol. The molecule has 1 aliphatic heterocycles. The van der Waals surface area contributed by atoms with E-state index in [1.807, 2.05) is 0 Å². The molecule has 5 rings (SSSR count). The number of nitrogens with one attached hydrogen (secondary N) is 9. The lowest BCUT2D eigenvalue weighted by Gasteiger charge is -2.31. The van der Waals surface area contributed by atoms with Crippen molar-refractivity contribution in [2.75, 3.05) is 19.8 Å².